The van der Waals surface area contributed by atoms with Crippen molar-refractivity contribution in [3.8, 4) is 11.4 Å². The first-order chi connectivity index (χ1) is 26.2. The minimum Gasteiger partial charge on any atom is -0.422 e. The van der Waals surface area contributed by atoms with E-state index in [1.807, 2.05) is 117 Å². The summed E-state index contributed by atoms with van der Waals surface area (Å²) in [5.41, 5.74) is 7.99. The van der Waals surface area contributed by atoms with Crippen molar-refractivity contribution >= 4 is 69.3 Å². The van der Waals surface area contributed by atoms with Crippen LogP contribution in [0.25, 0.3) is 33.2 Å². The Hall–Kier alpha value is -5.17. The molecule has 0 fully saturated rings. The fourth-order valence-corrected chi connectivity index (χ4v) is 5.90. The Morgan fingerprint density at radius 3 is 1.56 bits per heavy atom. The number of aromatic nitrogens is 8. The van der Waals surface area contributed by atoms with Gasteiger partial charge < -0.3 is 10.0 Å². The van der Waals surface area contributed by atoms with Crippen LogP contribution in [0.3, 0.4) is 0 Å². The monoisotopic (exact) mass is 778 g/mol. The molecule has 0 saturated carbocycles. The summed E-state index contributed by atoms with van der Waals surface area (Å²) in [6, 6.07) is 36.0. The Labute approximate surface area is 329 Å². The number of halogens is 3. The van der Waals surface area contributed by atoms with Gasteiger partial charge in [-0.25, -0.2) is 19.9 Å². The minimum absolute atomic E-state index is 0.186. The summed E-state index contributed by atoms with van der Waals surface area (Å²) in [5, 5.41) is 30.6. The Morgan fingerprint density at radius 1 is 0.556 bits per heavy atom. The van der Waals surface area contributed by atoms with Crippen LogP contribution in [-0.2, 0) is 13.1 Å². The van der Waals surface area contributed by atoms with E-state index in [4.69, 9.17) is 39.9 Å². The van der Waals surface area contributed by atoms with Crippen molar-refractivity contribution in [3.63, 3.8) is 0 Å². The molecule has 54 heavy (non-hydrogen) atoms. The van der Waals surface area contributed by atoms with Crippen LogP contribution >= 0.6 is 34.8 Å². The Bertz CT molecular complexity index is 2430. The molecule has 4 aromatic heterocycles. The minimum atomic E-state index is -1.55. The summed E-state index contributed by atoms with van der Waals surface area (Å²) in [7, 11) is -1.55. The fourth-order valence-electron chi connectivity index (χ4n) is 5.46. The van der Waals surface area contributed by atoms with E-state index < -0.39 is 7.12 Å². The van der Waals surface area contributed by atoms with Crippen LogP contribution < -0.4 is 5.59 Å². The van der Waals surface area contributed by atoms with Gasteiger partial charge in [0.15, 0.2) is 0 Å². The zero-order chi connectivity index (χ0) is 38.6. The van der Waals surface area contributed by atoms with Crippen molar-refractivity contribution in [3.05, 3.63) is 160 Å². The third-order valence-corrected chi connectivity index (χ3v) is 8.73. The van der Waals surface area contributed by atoms with Gasteiger partial charge in [0.05, 0.1) is 29.8 Å². The van der Waals surface area contributed by atoms with Crippen molar-refractivity contribution in [2.75, 3.05) is 0 Å². The molecule has 4 heterocycles. The van der Waals surface area contributed by atoms with Crippen molar-refractivity contribution in [1.82, 2.24) is 39.5 Å². The standard InChI is InChI=1S/C19H15ClN4.C14H13BN2O2.C5H4Cl2N2.C2H6/c1-13-11-21-19(20)22-17(13)18-15-9-5-6-10-16(15)24(23-18)12-14-7-3-2-4-8-14;18-15(19)14-12-8-4-5-9-13(12)17(16-14)10-11-6-2-1-3-7-11;1-3-2-8-5(7)9-4(3)6;1-2/h2-11H,12H2,1H3;1-9,18-19H,10H2;2H,1H3;1-2H3. The number of para-hydroxylation sites is 2. The van der Waals surface area contributed by atoms with Gasteiger partial charge in [-0.2, -0.15) is 10.2 Å². The summed E-state index contributed by atoms with van der Waals surface area (Å²) < 4.78 is 3.80. The second kappa shape index (κ2) is 19.2. The number of hydrogen-bond acceptors (Lipinski definition) is 8. The van der Waals surface area contributed by atoms with Crippen molar-refractivity contribution in [2.24, 2.45) is 0 Å². The zero-order valence-electron chi connectivity index (χ0n) is 30.1. The number of fused-ring (bicyclic) bond motifs is 2. The predicted octanol–water partition coefficient (Wildman–Crippen LogP) is 8.39. The van der Waals surface area contributed by atoms with Crippen LogP contribution in [0.4, 0.5) is 0 Å². The molecular weight excluding hydrogens is 742 g/mol. The van der Waals surface area contributed by atoms with Gasteiger partial charge in [0.25, 0.3) is 0 Å². The largest absolute Gasteiger partial charge is 0.510 e. The molecule has 0 saturated heterocycles. The molecule has 10 nitrogen and oxygen atoms in total. The molecule has 274 valence electrons. The number of nitrogens with zero attached hydrogens (tertiary/aromatic N) is 8. The maximum atomic E-state index is 9.38. The maximum absolute atomic E-state index is 9.38. The lowest BCUT2D eigenvalue weighted by Crippen LogP contribution is -2.32. The van der Waals surface area contributed by atoms with Gasteiger partial charge in [0, 0.05) is 28.7 Å². The highest BCUT2D eigenvalue weighted by Gasteiger charge is 2.21. The molecule has 0 aliphatic carbocycles. The number of aryl methyl sites for hydroxylation is 2. The quantitative estimate of drug-likeness (QED) is 0.0980. The highest BCUT2D eigenvalue weighted by Crippen LogP contribution is 2.29. The number of rotatable bonds is 6. The molecule has 0 spiro atoms. The van der Waals surface area contributed by atoms with E-state index in [0.29, 0.717) is 23.8 Å². The summed E-state index contributed by atoms with van der Waals surface area (Å²) >= 11 is 17.0. The summed E-state index contributed by atoms with van der Waals surface area (Å²) in [6.07, 6.45) is 3.31. The average Bonchev–Trinajstić information content (AvgIpc) is 3.75. The first kappa shape index (κ1) is 40.0. The average molecular weight is 780 g/mol. The normalized spacial score (nSPS) is 10.5. The molecular formula is C40H38BCl3N8O2. The van der Waals surface area contributed by atoms with Gasteiger partial charge in [-0.3, -0.25) is 9.36 Å². The lowest BCUT2D eigenvalue weighted by Gasteiger charge is -2.03. The summed E-state index contributed by atoms with van der Waals surface area (Å²) in [4.78, 5) is 15.8. The Morgan fingerprint density at radius 2 is 1.02 bits per heavy atom. The Balaban J connectivity index is 0.000000166. The predicted molar refractivity (Wildman–Crippen MR) is 219 cm³/mol. The molecule has 8 rings (SSSR count). The molecule has 0 bridgehead atoms. The van der Waals surface area contributed by atoms with Crippen LogP contribution in [0.15, 0.2) is 122 Å². The number of hydrogen-bond donors (Lipinski definition) is 2. The first-order valence-corrected chi connectivity index (χ1v) is 18.3. The van der Waals surface area contributed by atoms with Crippen LogP contribution in [-0.4, -0.2) is 56.7 Å². The third kappa shape index (κ3) is 10.1. The molecule has 8 aromatic rings. The van der Waals surface area contributed by atoms with Crippen LogP contribution in [0.5, 0.6) is 0 Å². The van der Waals surface area contributed by atoms with Gasteiger partial charge in [0.2, 0.25) is 10.6 Å². The van der Waals surface area contributed by atoms with Gasteiger partial charge >= 0.3 is 7.12 Å². The maximum Gasteiger partial charge on any atom is 0.510 e. The SMILES string of the molecule is CC.Cc1cnc(Cl)nc1-c1nn(Cc2ccccc2)c2ccccc12.Cc1cnc(Cl)nc1Cl.OB(O)c1nn(Cc2ccccc2)c2ccccc12. The first-order valence-electron chi connectivity index (χ1n) is 17.2. The number of benzene rings is 4. The van der Waals surface area contributed by atoms with Gasteiger partial charge in [-0.15, -0.1) is 0 Å². The molecule has 0 atom stereocenters. The highest BCUT2D eigenvalue weighted by molar-refractivity contribution is 6.60. The smallest absolute Gasteiger partial charge is 0.422 e. The molecule has 2 N–H and O–H groups in total. The van der Waals surface area contributed by atoms with E-state index >= 15 is 0 Å². The second-order valence-corrected chi connectivity index (χ2v) is 12.7. The zero-order valence-corrected chi connectivity index (χ0v) is 32.4. The Kier molecular flexibility index (Phi) is 14.3. The lowest BCUT2D eigenvalue weighted by atomic mass is 9.84. The van der Waals surface area contributed by atoms with E-state index in [9.17, 15) is 10.0 Å². The molecule has 4 aromatic carbocycles. The van der Waals surface area contributed by atoms with Crippen molar-refractivity contribution in [2.45, 2.75) is 40.8 Å². The highest BCUT2D eigenvalue weighted by atomic mass is 35.5. The van der Waals surface area contributed by atoms with E-state index in [1.165, 1.54) is 5.56 Å². The molecule has 0 aliphatic heterocycles. The van der Waals surface area contributed by atoms with E-state index in [2.05, 4.69) is 49.3 Å². The third-order valence-electron chi connectivity index (χ3n) is 7.99. The van der Waals surface area contributed by atoms with Gasteiger partial charge in [-0.1, -0.05) is 123 Å². The lowest BCUT2D eigenvalue weighted by molar-refractivity contribution is 0.424. The van der Waals surface area contributed by atoms with E-state index in [0.717, 1.165) is 49.9 Å². The summed E-state index contributed by atoms with van der Waals surface area (Å²) in [6.45, 7) is 9.10. The second-order valence-electron chi connectivity index (χ2n) is 11.7. The molecule has 0 radical (unpaired) electrons. The fraction of sp³-hybridized carbons (Fsp3) is 0.150. The van der Waals surface area contributed by atoms with Gasteiger partial charge in [0.1, 0.15) is 16.4 Å². The van der Waals surface area contributed by atoms with Crippen molar-refractivity contribution < 1.29 is 10.0 Å². The van der Waals surface area contributed by atoms with Crippen LogP contribution in [0.1, 0.15) is 36.1 Å². The topological polar surface area (TPSA) is 128 Å². The molecule has 0 unspecified atom stereocenters. The van der Waals surface area contributed by atoms with E-state index in [-0.39, 0.29) is 10.6 Å². The molecule has 0 aliphatic rings. The molecule has 0 amide bonds. The molecule has 14 heteroatoms. The van der Waals surface area contributed by atoms with Crippen molar-refractivity contribution in [1.29, 1.82) is 0 Å². The van der Waals surface area contributed by atoms with Gasteiger partial charge in [-0.05, 0) is 65.9 Å². The van der Waals surface area contributed by atoms with E-state index in [1.54, 1.807) is 17.1 Å². The van der Waals surface area contributed by atoms with Crippen LogP contribution in [0.2, 0.25) is 15.7 Å². The summed E-state index contributed by atoms with van der Waals surface area (Å²) in [5.74, 6) is 0. The van der Waals surface area contributed by atoms with Crippen LogP contribution in [0, 0.1) is 13.8 Å².